The predicted octanol–water partition coefficient (Wildman–Crippen LogP) is 7.18. The maximum Gasteiger partial charge on any atom is 0.104 e. The van der Waals surface area contributed by atoms with E-state index in [1.54, 1.807) is 0 Å². The molecule has 0 saturated heterocycles. The Hall–Kier alpha value is -3.98. The number of aliphatic hydroxyl groups is 2. The quantitative estimate of drug-likeness (QED) is 0.292. The second-order valence-corrected chi connectivity index (χ2v) is 8.41. The van der Waals surface area contributed by atoms with Gasteiger partial charge in [0, 0.05) is 0 Å². The van der Waals surface area contributed by atoms with Gasteiger partial charge in [0.05, 0.1) is 0 Å². The molecule has 0 amide bonds. The van der Waals surface area contributed by atoms with E-state index in [1.165, 1.54) is 0 Å². The molecular formula is C32H26O2. The molecule has 166 valence electrons. The Balaban J connectivity index is 1.41. The summed E-state index contributed by atoms with van der Waals surface area (Å²) in [4.78, 5) is 0. The summed E-state index contributed by atoms with van der Waals surface area (Å²) in [5.41, 5.74) is 7.46. The minimum absolute atomic E-state index is 0.703. The highest BCUT2D eigenvalue weighted by Crippen LogP contribution is 2.33. The van der Waals surface area contributed by atoms with Crippen LogP contribution in [-0.2, 0) is 0 Å². The van der Waals surface area contributed by atoms with E-state index in [9.17, 15) is 10.2 Å². The van der Waals surface area contributed by atoms with Gasteiger partial charge < -0.3 is 10.2 Å². The van der Waals surface area contributed by atoms with Crippen LogP contribution in [0.25, 0.3) is 22.3 Å². The number of hydrogen-bond donors (Lipinski definition) is 2. The Kier molecular flexibility index (Phi) is 6.35. The topological polar surface area (TPSA) is 40.5 Å². The number of benzene rings is 5. The van der Waals surface area contributed by atoms with E-state index in [2.05, 4.69) is 24.3 Å². The smallest absolute Gasteiger partial charge is 0.104 e. The highest BCUT2D eigenvalue weighted by atomic mass is 16.3. The van der Waals surface area contributed by atoms with Crippen molar-refractivity contribution in [2.45, 2.75) is 12.2 Å². The summed E-state index contributed by atoms with van der Waals surface area (Å²) in [6.07, 6.45) is -1.67. The molecule has 2 unspecified atom stereocenters. The second kappa shape index (κ2) is 9.88. The third kappa shape index (κ3) is 4.55. The first-order valence-electron chi connectivity index (χ1n) is 11.5. The molecule has 2 nitrogen and oxygen atoms in total. The van der Waals surface area contributed by atoms with E-state index in [0.717, 1.165) is 33.4 Å². The van der Waals surface area contributed by atoms with E-state index >= 15 is 0 Å². The van der Waals surface area contributed by atoms with Crippen LogP contribution in [0.4, 0.5) is 0 Å². The summed E-state index contributed by atoms with van der Waals surface area (Å²) < 4.78 is 0. The summed E-state index contributed by atoms with van der Waals surface area (Å²) in [5, 5.41) is 22.4. The van der Waals surface area contributed by atoms with Crippen molar-refractivity contribution in [2.75, 3.05) is 0 Å². The zero-order valence-corrected chi connectivity index (χ0v) is 18.8. The molecule has 2 atom stereocenters. The first kappa shape index (κ1) is 21.8. The lowest BCUT2D eigenvalue weighted by Crippen LogP contribution is -2.08. The molecule has 0 bridgehead atoms. The van der Waals surface area contributed by atoms with Gasteiger partial charge in [0.25, 0.3) is 0 Å². The standard InChI is InChI=1S/C32H26O2/c33-31(27-19-15-25(16-20-27)23-9-3-1-4-10-23)29-13-7-8-14-30(29)32(34)28-21-17-26(18-22-28)24-11-5-2-6-12-24/h1-22,31-34H. The molecule has 2 N–H and O–H groups in total. The van der Waals surface area contributed by atoms with Gasteiger partial charge in [0.2, 0.25) is 0 Å². The van der Waals surface area contributed by atoms with Crippen molar-refractivity contribution >= 4 is 0 Å². The molecule has 0 heterocycles. The first-order valence-corrected chi connectivity index (χ1v) is 11.5. The van der Waals surface area contributed by atoms with Gasteiger partial charge in [-0.05, 0) is 44.5 Å². The Labute approximate surface area is 200 Å². The molecule has 0 radical (unpaired) electrons. The van der Waals surface area contributed by atoms with Gasteiger partial charge in [-0.1, -0.05) is 133 Å². The Morgan fingerprint density at radius 2 is 0.618 bits per heavy atom. The van der Waals surface area contributed by atoms with Crippen LogP contribution < -0.4 is 0 Å². The highest BCUT2D eigenvalue weighted by molar-refractivity contribution is 5.64. The van der Waals surface area contributed by atoms with E-state index in [0.29, 0.717) is 11.1 Å². The van der Waals surface area contributed by atoms with Crippen molar-refractivity contribution in [1.82, 2.24) is 0 Å². The monoisotopic (exact) mass is 442 g/mol. The summed E-state index contributed by atoms with van der Waals surface area (Å²) in [7, 11) is 0. The number of rotatable bonds is 6. The van der Waals surface area contributed by atoms with Crippen molar-refractivity contribution in [3.05, 3.63) is 156 Å². The number of aliphatic hydroxyl groups excluding tert-OH is 2. The molecule has 0 aliphatic carbocycles. The fourth-order valence-electron chi connectivity index (χ4n) is 4.34. The first-order chi connectivity index (χ1) is 16.7. The van der Waals surface area contributed by atoms with Crippen molar-refractivity contribution < 1.29 is 10.2 Å². The van der Waals surface area contributed by atoms with E-state index in [-0.39, 0.29) is 0 Å². The molecule has 0 fully saturated rings. The normalized spacial score (nSPS) is 12.8. The lowest BCUT2D eigenvalue weighted by atomic mass is 9.90. The van der Waals surface area contributed by atoms with Gasteiger partial charge >= 0.3 is 0 Å². The van der Waals surface area contributed by atoms with E-state index in [4.69, 9.17) is 0 Å². The van der Waals surface area contributed by atoms with E-state index in [1.807, 2.05) is 109 Å². The lowest BCUT2D eigenvalue weighted by Gasteiger charge is -2.20. The average Bonchev–Trinajstić information content (AvgIpc) is 2.93. The van der Waals surface area contributed by atoms with Crippen LogP contribution in [0.3, 0.4) is 0 Å². The Morgan fingerprint density at radius 1 is 0.324 bits per heavy atom. The van der Waals surface area contributed by atoms with Crippen molar-refractivity contribution in [3.8, 4) is 22.3 Å². The van der Waals surface area contributed by atoms with E-state index < -0.39 is 12.2 Å². The van der Waals surface area contributed by atoms with Crippen LogP contribution in [0.2, 0.25) is 0 Å². The third-order valence-corrected chi connectivity index (χ3v) is 6.25. The van der Waals surface area contributed by atoms with Gasteiger partial charge in [0.15, 0.2) is 0 Å². The van der Waals surface area contributed by atoms with Gasteiger partial charge in [0.1, 0.15) is 12.2 Å². The lowest BCUT2D eigenvalue weighted by molar-refractivity contribution is 0.197. The summed E-state index contributed by atoms with van der Waals surface area (Å²) in [5.74, 6) is 0. The molecule has 5 aromatic rings. The van der Waals surface area contributed by atoms with Crippen molar-refractivity contribution in [2.24, 2.45) is 0 Å². The van der Waals surface area contributed by atoms with Crippen LogP contribution in [0.1, 0.15) is 34.5 Å². The molecule has 0 aromatic heterocycles. The minimum atomic E-state index is -0.834. The second-order valence-electron chi connectivity index (χ2n) is 8.41. The summed E-state index contributed by atoms with van der Waals surface area (Å²) >= 11 is 0. The average molecular weight is 443 g/mol. The fraction of sp³-hybridized carbons (Fsp3) is 0.0625. The van der Waals surface area contributed by atoms with Gasteiger partial charge in [-0.25, -0.2) is 0 Å². The molecule has 0 aliphatic heterocycles. The largest absolute Gasteiger partial charge is 0.384 e. The molecule has 0 aliphatic rings. The van der Waals surface area contributed by atoms with Gasteiger partial charge in [-0.15, -0.1) is 0 Å². The Morgan fingerprint density at radius 3 is 0.971 bits per heavy atom. The van der Waals surface area contributed by atoms with Crippen LogP contribution in [0.5, 0.6) is 0 Å². The fourth-order valence-corrected chi connectivity index (χ4v) is 4.34. The van der Waals surface area contributed by atoms with Crippen LogP contribution in [0, 0.1) is 0 Å². The summed E-state index contributed by atoms with van der Waals surface area (Å²) in [6.45, 7) is 0. The zero-order chi connectivity index (χ0) is 23.3. The maximum atomic E-state index is 11.2. The van der Waals surface area contributed by atoms with Crippen LogP contribution in [-0.4, -0.2) is 10.2 Å². The zero-order valence-electron chi connectivity index (χ0n) is 18.8. The SMILES string of the molecule is OC(c1ccc(-c2ccccc2)cc1)c1ccccc1C(O)c1ccc(-c2ccccc2)cc1. The molecule has 34 heavy (non-hydrogen) atoms. The molecule has 2 heteroatoms. The molecular weight excluding hydrogens is 416 g/mol. The highest BCUT2D eigenvalue weighted by Gasteiger charge is 2.20. The molecule has 5 aromatic carbocycles. The number of hydrogen-bond acceptors (Lipinski definition) is 2. The van der Waals surface area contributed by atoms with Crippen LogP contribution in [0.15, 0.2) is 133 Å². The summed E-state index contributed by atoms with van der Waals surface area (Å²) in [6, 6.07) is 43.8. The molecule has 0 saturated carbocycles. The predicted molar refractivity (Wildman–Crippen MR) is 138 cm³/mol. The van der Waals surface area contributed by atoms with Gasteiger partial charge in [-0.2, -0.15) is 0 Å². The molecule has 5 rings (SSSR count). The van der Waals surface area contributed by atoms with Crippen LogP contribution >= 0.6 is 0 Å². The maximum absolute atomic E-state index is 11.2. The van der Waals surface area contributed by atoms with Gasteiger partial charge in [-0.3, -0.25) is 0 Å². The van der Waals surface area contributed by atoms with Crippen molar-refractivity contribution in [1.29, 1.82) is 0 Å². The minimum Gasteiger partial charge on any atom is -0.384 e. The van der Waals surface area contributed by atoms with Crippen molar-refractivity contribution in [3.63, 3.8) is 0 Å². The third-order valence-electron chi connectivity index (χ3n) is 6.25. The molecule has 0 spiro atoms. The Bertz CT molecular complexity index is 1230.